The Kier molecular flexibility index (Phi) is 6.00. The lowest BCUT2D eigenvalue weighted by Crippen LogP contribution is -2.61. The quantitative estimate of drug-likeness (QED) is 0.390. The molecule has 8 heteroatoms. The fraction of sp³-hybridized carbons (Fsp3) is 0.316. The van der Waals surface area contributed by atoms with E-state index in [1.807, 2.05) is 30.3 Å². The largest absolute Gasteiger partial charge is 0.494 e. The molecule has 0 spiro atoms. The van der Waals surface area contributed by atoms with Crippen LogP contribution >= 0.6 is 0 Å². The van der Waals surface area contributed by atoms with Crippen LogP contribution in [0.1, 0.15) is 24.4 Å². The van der Waals surface area contributed by atoms with Gasteiger partial charge in [0.15, 0.2) is 0 Å². The highest BCUT2D eigenvalue weighted by Gasteiger charge is 2.35. The SMILES string of the molecule is N[C@H]1NC(=O)[C@@H](CCCOc2ccc([N+](=O)[O-])cc2)[C@@H](c2ccccc2)N1. The van der Waals surface area contributed by atoms with Crippen LogP contribution in [0.4, 0.5) is 5.69 Å². The number of nitro groups is 1. The summed E-state index contributed by atoms with van der Waals surface area (Å²) in [5, 5.41) is 16.6. The summed E-state index contributed by atoms with van der Waals surface area (Å²) in [6.07, 6.45) is 0.711. The van der Waals surface area contributed by atoms with E-state index in [4.69, 9.17) is 10.5 Å². The standard InChI is InChI=1S/C19H22N4O4/c20-19-21-17(13-5-2-1-3-6-13)16(18(24)22-19)7-4-12-27-15-10-8-14(9-11-15)23(25)26/h1-3,5-6,8-11,16-17,19,21H,4,7,12,20H2,(H,22,24)/t16-,17+,19+/m0/s1. The molecule has 142 valence electrons. The Morgan fingerprint density at radius 3 is 2.48 bits per heavy atom. The van der Waals surface area contributed by atoms with Crippen molar-refractivity contribution in [3.05, 3.63) is 70.3 Å². The number of ether oxygens (including phenoxy) is 1. The Hall–Kier alpha value is -2.97. The molecule has 3 rings (SSSR count). The van der Waals surface area contributed by atoms with Crippen LogP contribution in [0.3, 0.4) is 0 Å². The van der Waals surface area contributed by atoms with Crippen molar-refractivity contribution >= 4 is 11.6 Å². The summed E-state index contributed by atoms with van der Waals surface area (Å²) < 4.78 is 5.63. The van der Waals surface area contributed by atoms with E-state index in [-0.39, 0.29) is 23.6 Å². The molecular weight excluding hydrogens is 348 g/mol. The second-order valence-corrected chi connectivity index (χ2v) is 6.39. The van der Waals surface area contributed by atoms with Crippen molar-refractivity contribution in [2.24, 2.45) is 11.7 Å². The van der Waals surface area contributed by atoms with Gasteiger partial charge in [-0.15, -0.1) is 0 Å². The van der Waals surface area contributed by atoms with Crippen LogP contribution in [0, 0.1) is 16.0 Å². The van der Waals surface area contributed by atoms with Gasteiger partial charge in [-0.05, 0) is 30.5 Å². The van der Waals surface area contributed by atoms with Gasteiger partial charge in [-0.3, -0.25) is 26.0 Å². The highest BCUT2D eigenvalue weighted by Crippen LogP contribution is 2.29. The number of hydrogen-bond donors (Lipinski definition) is 3. The molecule has 1 saturated heterocycles. The number of carbonyl (C=O) groups excluding carboxylic acids is 1. The number of nitro benzene ring substituents is 1. The lowest BCUT2D eigenvalue weighted by atomic mass is 9.87. The second-order valence-electron chi connectivity index (χ2n) is 6.39. The summed E-state index contributed by atoms with van der Waals surface area (Å²) >= 11 is 0. The summed E-state index contributed by atoms with van der Waals surface area (Å²) in [4.78, 5) is 22.6. The first-order chi connectivity index (χ1) is 13.0. The normalized spacial score (nSPS) is 22.1. The van der Waals surface area contributed by atoms with Gasteiger partial charge in [-0.25, -0.2) is 0 Å². The highest BCUT2D eigenvalue weighted by atomic mass is 16.6. The molecular formula is C19H22N4O4. The smallest absolute Gasteiger partial charge is 0.269 e. The molecule has 2 aromatic carbocycles. The van der Waals surface area contributed by atoms with E-state index in [9.17, 15) is 14.9 Å². The first-order valence-electron chi connectivity index (χ1n) is 8.79. The molecule has 4 N–H and O–H groups in total. The Morgan fingerprint density at radius 1 is 1.11 bits per heavy atom. The molecule has 8 nitrogen and oxygen atoms in total. The molecule has 2 aromatic rings. The van der Waals surface area contributed by atoms with Crippen molar-refractivity contribution in [2.75, 3.05) is 6.61 Å². The predicted molar refractivity (Wildman–Crippen MR) is 99.8 cm³/mol. The van der Waals surface area contributed by atoms with Gasteiger partial charge in [0, 0.05) is 18.2 Å². The van der Waals surface area contributed by atoms with Crippen molar-refractivity contribution in [3.63, 3.8) is 0 Å². The van der Waals surface area contributed by atoms with E-state index in [0.717, 1.165) is 5.56 Å². The third-order valence-electron chi connectivity index (χ3n) is 4.53. The topological polar surface area (TPSA) is 120 Å². The maximum atomic E-state index is 12.4. The number of non-ortho nitro benzene ring substituents is 1. The number of nitrogens with two attached hydrogens (primary N) is 1. The van der Waals surface area contributed by atoms with Gasteiger partial charge in [0.2, 0.25) is 5.91 Å². The number of nitrogens with one attached hydrogen (secondary N) is 2. The number of amides is 1. The molecule has 27 heavy (non-hydrogen) atoms. The molecule has 3 atom stereocenters. The number of benzene rings is 2. The molecule has 0 radical (unpaired) electrons. The number of rotatable bonds is 7. The summed E-state index contributed by atoms with van der Waals surface area (Å²) in [5.41, 5.74) is 6.90. The molecule has 1 amide bonds. The Balaban J connectivity index is 1.56. The van der Waals surface area contributed by atoms with Gasteiger partial charge in [-0.2, -0.15) is 0 Å². The Morgan fingerprint density at radius 2 is 1.81 bits per heavy atom. The zero-order valence-corrected chi connectivity index (χ0v) is 14.7. The van der Waals surface area contributed by atoms with E-state index in [0.29, 0.717) is 25.2 Å². The van der Waals surface area contributed by atoms with Gasteiger partial charge in [-0.1, -0.05) is 30.3 Å². The van der Waals surface area contributed by atoms with Crippen molar-refractivity contribution in [2.45, 2.75) is 25.2 Å². The average molecular weight is 370 g/mol. The minimum absolute atomic E-state index is 0.0225. The second kappa shape index (κ2) is 8.61. The van der Waals surface area contributed by atoms with E-state index in [1.54, 1.807) is 12.1 Å². The predicted octanol–water partition coefficient (Wildman–Crippen LogP) is 2.07. The van der Waals surface area contributed by atoms with Gasteiger partial charge in [0.1, 0.15) is 12.0 Å². The van der Waals surface area contributed by atoms with Crippen LogP contribution in [0.15, 0.2) is 54.6 Å². The first-order valence-corrected chi connectivity index (χ1v) is 8.79. The average Bonchev–Trinajstić information content (AvgIpc) is 2.67. The van der Waals surface area contributed by atoms with Crippen molar-refractivity contribution in [1.82, 2.24) is 10.6 Å². The third-order valence-corrected chi connectivity index (χ3v) is 4.53. The zero-order chi connectivity index (χ0) is 19.2. The van der Waals surface area contributed by atoms with Crippen molar-refractivity contribution in [1.29, 1.82) is 0 Å². The fourth-order valence-electron chi connectivity index (χ4n) is 3.21. The van der Waals surface area contributed by atoms with E-state index in [1.165, 1.54) is 12.1 Å². The van der Waals surface area contributed by atoms with Crippen LogP contribution < -0.4 is 21.1 Å². The zero-order valence-electron chi connectivity index (χ0n) is 14.7. The highest BCUT2D eigenvalue weighted by molar-refractivity contribution is 5.80. The summed E-state index contributed by atoms with van der Waals surface area (Å²) in [7, 11) is 0. The maximum absolute atomic E-state index is 12.4. The molecule has 1 aliphatic rings. The first kappa shape index (κ1) is 18.8. The monoisotopic (exact) mass is 370 g/mol. The Labute approximate surface area is 156 Å². The van der Waals surface area contributed by atoms with Crippen LogP contribution in [0.25, 0.3) is 0 Å². The van der Waals surface area contributed by atoms with E-state index in [2.05, 4.69) is 10.6 Å². The van der Waals surface area contributed by atoms with Crippen molar-refractivity contribution in [3.8, 4) is 5.75 Å². The number of hydrogen-bond acceptors (Lipinski definition) is 6. The van der Waals surface area contributed by atoms with Crippen LogP contribution in [-0.4, -0.2) is 23.7 Å². The maximum Gasteiger partial charge on any atom is 0.269 e. The molecule has 1 fully saturated rings. The Bertz CT molecular complexity index is 782. The van der Waals surface area contributed by atoms with Crippen LogP contribution in [0.5, 0.6) is 5.75 Å². The molecule has 0 saturated carbocycles. The lowest BCUT2D eigenvalue weighted by molar-refractivity contribution is -0.384. The van der Waals surface area contributed by atoms with E-state index >= 15 is 0 Å². The number of carbonyl (C=O) groups is 1. The fourth-order valence-corrected chi connectivity index (χ4v) is 3.21. The summed E-state index contributed by atoms with van der Waals surface area (Å²) in [5.74, 6) is 0.228. The van der Waals surface area contributed by atoms with Gasteiger partial charge in [0.05, 0.1) is 17.4 Å². The number of nitrogens with zero attached hydrogens (tertiary/aromatic N) is 1. The van der Waals surface area contributed by atoms with Crippen molar-refractivity contribution < 1.29 is 14.5 Å². The minimum atomic E-state index is -0.574. The molecule has 0 bridgehead atoms. The molecule has 0 aromatic heterocycles. The van der Waals surface area contributed by atoms with Crippen LogP contribution in [0.2, 0.25) is 0 Å². The third kappa shape index (κ3) is 4.81. The molecule has 1 aliphatic heterocycles. The van der Waals surface area contributed by atoms with Crippen LogP contribution in [-0.2, 0) is 4.79 Å². The van der Waals surface area contributed by atoms with Gasteiger partial charge < -0.3 is 10.1 Å². The summed E-state index contributed by atoms with van der Waals surface area (Å²) in [6.45, 7) is 0.412. The molecule has 0 aliphatic carbocycles. The van der Waals surface area contributed by atoms with Gasteiger partial charge in [0.25, 0.3) is 5.69 Å². The van der Waals surface area contributed by atoms with Gasteiger partial charge >= 0.3 is 0 Å². The van der Waals surface area contributed by atoms with E-state index < -0.39 is 11.2 Å². The molecule has 1 heterocycles. The minimum Gasteiger partial charge on any atom is -0.494 e. The molecule has 0 unspecified atom stereocenters. The summed E-state index contributed by atoms with van der Waals surface area (Å²) in [6, 6.07) is 15.5. The lowest BCUT2D eigenvalue weighted by Gasteiger charge is -2.36.